The molecule has 0 radical (unpaired) electrons. The fourth-order valence-electron chi connectivity index (χ4n) is 6.00. The van der Waals surface area contributed by atoms with Crippen molar-refractivity contribution >= 4 is 0 Å². The van der Waals surface area contributed by atoms with Gasteiger partial charge in [0.05, 0.1) is 41.9 Å². The van der Waals surface area contributed by atoms with Crippen molar-refractivity contribution in [3.8, 4) is 0 Å². The van der Waals surface area contributed by atoms with Gasteiger partial charge in [0.15, 0.2) is 0 Å². The van der Waals surface area contributed by atoms with Crippen LogP contribution in [0.2, 0.25) is 0 Å². The zero-order chi connectivity index (χ0) is 15.6. The van der Waals surface area contributed by atoms with Gasteiger partial charge in [-0.1, -0.05) is 30.7 Å². The Hall–Kier alpha value is -0.680. The third-order valence-electron chi connectivity index (χ3n) is 6.68. The normalized spacial score (nSPS) is 51.8. The molecule has 2 aliphatic carbocycles. The molecule has 2 aliphatic heterocycles. The standard InChI is InChI=1S/C18H26O4/c1-12-9-13-5-4-7-16-8-6-14(22-16)17(10-20-2,15(12)19)18(13,16)11-21-3/h6,8-9,12,14-15,19H,4-5,7,10-11H2,1-3H3/t12-,14+,15-,16-,17-,18-/m0/s1. The lowest BCUT2D eigenvalue weighted by atomic mass is 9.43. The average molecular weight is 306 g/mol. The summed E-state index contributed by atoms with van der Waals surface area (Å²) in [6.45, 7) is 3.17. The highest BCUT2D eigenvalue weighted by molar-refractivity contribution is 5.46. The third-order valence-corrected chi connectivity index (χ3v) is 6.68. The predicted molar refractivity (Wildman–Crippen MR) is 82.5 cm³/mol. The van der Waals surface area contributed by atoms with E-state index in [2.05, 4.69) is 25.2 Å². The number of fused-ring (bicyclic) bond motifs is 2. The van der Waals surface area contributed by atoms with E-state index < -0.39 is 11.5 Å². The van der Waals surface area contributed by atoms with Crippen LogP contribution in [-0.2, 0) is 14.2 Å². The van der Waals surface area contributed by atoms with E-state index in [0.29, 0.717) is 13.2 Å². The van der Waals surface area contributed by atoms with E-state index in [1.807, 2.05) is 0 Å². The van der Waals surface area contributed by atoms with Gasteiger partial charge in [-0.3, -0.25) is 0 Å². The monoisotopic (exact) mass is 306 g/mol. The fraction of sp³-hybridized carbons (Fsp3) is 0.778. The minimum atomic E-state index is -0.485. The van der Waals surface area contributed by atoms with Crippen LogP contribution >= 0.6 is 0 Å². The summed E-state index contributed by atoms with van der Waals surface area (Å²) in [5, 5.41) is 11.2. The Kier molecular flexibility index (Phi) is 3.16. The van der Waals surface area contributed by atoms with Crippen LogP contribution in [0.25, 0.3) is 0 Å². The summed E-state index contributed by atoms with van der Waals surface area (Å²) in [6.07, 6.45) is 9.27. The van der Waals surface area contributed by atoms with Gasteiger partial charge in [0, 0.05) is 20.1 Å². The van der Waals surface area contributed by atoms with Crippen molar-refractivity contribution in [2.24, 2.45) is 16.7 Å². The lowest BCUT2D eigenvalue weighted by Crippen LogP contribution is -2.67. The van der Waals surface area contributed by atoms with E-state index in [1.165, 1.54) is 5.57 Å². The first-order valence-electron chi connectivity index (χ1n) is 8.32. The van der Waals surface area contributed by atoms with Crippen molar-refractivity contribution in [3.05, 3.63) is 23.8 Å². The van der Waals surface area contributed by atoms with Gasteiger partial charge in [0.1, 0.15) is 0 Å². The number of rotatable bonds is 4. The van der Waals surface area contributed by atoms with Crippen molar-refractivity contribution < 1.29 is 19.3 Å². The Morgan fingerprint density at radius 3 is 2.82 bits per heavy atom. The van der Waals surface area contributed by atoms with Gasteiger partial charge < -0.3 is 19.3 Å². The van der Waals surface area contributed by atoms with Crippen LogP contribution in [-0.4, -0.2) is 50.3 Å². The second-order valence-corrected chi connectivity index (χ2v) is 7.45. The molecule has 22 heavy (non-hydrogen) atoms. The Morgan fingerprint density at radius 1 is 1.32 bits per heavy atom. The van der Waals surface area contributed by atoms with E-state index in [0.717, 1.165) is 19.3 Å². The van der Waals surface area contributed by atoms with Gasteiger partial charge in [-0.05, 0) is 19.3 Å². The molecule has 0 aromatic carbocycles. The molecule has 1 saturated carbocycles. The molecule has 1 N–H and O–H groups in total. The number of hydrogen-bond acceptors (Lipinski definition) is 4. The molecule has 0 amide bonds. The van der Waals surface area contributed by atoms with Gasteiger partial charge in [0.2, 0.25) is 0 Å². The Bertz CT molecular complexity index is 541. The maximum absolute atomic E-state index is 11.2. The maximum Gasteiger partial charge on any atom is 0.0995 e. The Morgan fingerprint density at radius 2 is 2.09 bits per heavy atom. The molecule has 0 unspecified atom stereocenters. The average Bonchev–Trinajstić information content (AvgIpc) is 3.01. The molecular formula is C18H26O4. The molecule has 2 bridgehead atoms. The molecule has 1 spiro atoms. The van der Waals surface area contributed by atoms with E-state index in [1.54, 1.807) is 14.2 Å². The summed E-state index contributed by atoms with van der Waals surface area (Å²) < 4.78 is 17.9. The quantitative estimate of drug-likeness (QED) is 0.808. The molecule has 4 aliphatic rings. The molecular weight excluding hydrogens is 280 g/mol. The summed E-state index contributed by atoms with van der Waals surface area (Å²) in [4.78, 5) is 0. The predicted octanol–water partition coefficient (Wildman–Crippen LogP) is 2.08. The fourth-order valence-corrected chi connectivity index (χ4v) is 6.00. The zero-order valence-corrected chi connectivity index (χ0v) is 13.7. The molecule has 1 saturated heterocycles. The van der Waals surface area contributed by atoms with Crippen molar-refractivity contribution in [1.82, 2.24) is 0 Å². The molecule has 4 nitrogen and oxygen atoms in total. The first-order chi connectivity index (χ1) is 10.6. The van der Waals surface area contributed by atoms with Gasteiger partial charge >= 0.3 is 0 Å². The van der Waals surface area contributed by atoms with Crippen molar-refractivity contribution in [3.63, 3.8) is 0 Å². The van der Waals surface area contributed by atoms with Crippen LogP contribution in [0.3, 0.4) is 0 Å². The SMILES string of the molecule is COC[C@]12[C@H]3C=C[C@]4(CCCC(=C[C@H](C)[C@@H]1O)[C@]24COC)O3. The number of aliphatic hydroxyl groups is 1. The van der Waals surface area contributed by atoms with E-state index in [9.17, 15) is 5.11 Å². The summed E-state index contributed by atoms with van der Waals surface area (Å²) in [6, 6.07) is 0. The van der Waals surface area contributed by atoms with E-state index in [-0.39, 0.29) is 23.0 Å². The van der Waals surface area contributed by atoms with E-state index >= 15 is 0 Å². The molecule has 122 valence electrons. The summed E-state index contributed by atoms with van der Waals surface area (Å²) in [7, 11) is 3.47. The molecule has 4 rings (SSSR count). The van der Waals surface area contributed by atoms with Crippen LogP contribution in [0.4, 0.5) is 0 Å². The molecule has 4 heteroatoms. The summed E-state index contributed by atoms with van der Waals surface area (Å²) in [5.74, 6) is 0.113. The second-order valence-electron chi connectivity index (χ2n) is 7.45. The van der Waals surface area contributed by atoms with Crippen LogP contribution in [0.5, 0.6) is 0 Å². The third kappa shape index (κ3) is 1.35. The van der Waals surface area contributed by atoms with Crippen LogP contribution in [0.15, 0.2) is 23.8 Å². The molecule has 0 aromatic heterocycles. The number of aliphatic hydroxyl groups excluding tert-OH is 1. The van der Waals surface area contributed by atoms with Gasteiger partial charge in [-0.2, -0.15) is 0 Å². The highest BCUT2D eigenvalue weighted by Gasteiger charge is 2.79. The zero-order valence-electron chi connectivity index (χ0n) is 13.7. The molecule has 6 atom stereocenters. The maximum atomic E-state index is 11.2. The Balaban J connectivity index is 2.00. The lowest BCUT2D eigenvalue weighted by Gasteiger charge is -2.60. The van der Waals surface area contributed by atoms with E-state index in [4.69, 9.17) is 14.2 Å². The van der Waals surface area contributed by atoms with Gasteiger partial charge in [-0.25, -0.2) is 0 Å². The smallest absolute Gasteiger partial charge is 0.0995 e. The minimum Gasteiger partial charge on any atom is -0.392 e. The number of hydrogen-bond donors (Lipinski definition) is 1. The number of methoxy groups -OCH3 is 2. The lowest BCUT2D eigenvalue weighted by molar-refractivity contribution is -0.150. The Labute approximate surface area is 132 Å². The second kappa shape index (κ2) is 4.67. The first-order valence-corrected chi connectivity index (χ1v) is 8.32. The first kappa shape index (κ1) is 14.9. The molecule has 2 fully saturated rings. The highest BCUT2D eigenvalue weighted by Crippen LogP contribution is 2.73. The molecule has 0 aromatic rings. The van der Waals surface area contributed by atoms with Crippen LogP contribution < -0.4 is 0 Å². The number of ether oxygens (including phenoxy) is 3. The largest absolute Gasteiger partial charge is 0.392 e. The van der Waals surface area contributed by atoms with Crippen molar-refractivity contribution in [2.75, 3.05) is 27.4 Å². The summed E-state index contributed by atoms with van der Waals surface area (Å²) >= 11 is 0. The van der Waals surface area contributed by atoms with Crippen molar-refractivity contribution in [1.29, 1.82) is 0 Å². The minimum absolute atomic E-state index is 0.0955. The summed E-state index contributed by atoms with van der Waals surface area (Å²) in [5.41, 5.74) is 0.324. The van der Waals surface area contributed by atoms with Gasteiger partial charge in [0.25, 0.3) is 0 Å². The molecule has 2 heterocycles. The van der Waals surface area contributed by atoms with Crippen LogP contribution in [0, 0.1) is 16.7 Å². The van der Waals surface area contributed by atoms with Gasteiger partial charge in [-0.15, -0.1) is 0 Å². The topological polar surface area (TPSA) is 47.9 Å². The highest BCUT2D eigenvalue weighted by atomic mass is 16.5. The van der Waals surface area contributed by atoms with Crippen molar-refractivity contribution in [2.45, 2.75) is 44.0 Å². The van der Waals surface area contributed by atoms with Crippen LogP contribution in [0.1, 0.15) is 26.2 Å².